The van der Waals surface area contributed by atoms with Crippen molar-refractivity contribution in [1.29, 1.82) is 0 Å². The highest BCUT2D eigenvalue weighted by Crippen LogP contribution is 2.21. The molecule has 0 radical (unpaired) electrons. The van der Waals surface area contributed by atoms with Crippen molar-refractivity contribution in [2.24, 2.45) is 0 Å². The monoisotopic (exact) mass is 288 g/mol. The Hall–Kier alpha value is -2.27. The van der Waals surface area contributed by atoms with Crippen LogP contribution in [0.5, 0.6) is 0 Å². The van der Waals surface area contributed by atoms with Gasteiger partial charge < -0.3 is 5.32 Å². The molecule has 0 aliphatic rings. The van der Waals surface area contributed by atoms with Crippen LogP contribution in [0.4, 0.5) is 10.1 Å². The zero-order valence-corrected chi connectivity index (χ0v) is 12.0. The molecule has 110 valence electrons. The smallest absolute Gasteiger partial charge is 0.272 e. The molecule has 5 heteroatoms. The average Bonchev–Trinajstić information content (AvgIpc) is 2.44. The van der Waals surface area contributed by atoms with E-state index >= 15 is 0 Å². The van der Waals surface area contributed by atoms with Crippen LogP contribution >= 0.6 is 0 Å². The second-order valence-electron chi connectivity index (χ2n) is 4.99. The molecule has 0 unspecified atom stereocenters. The molecule has 2 rings (SSSR count). The summed E-state index contributed by atoms with van der Waals surface area (Å²) in [6.45, 7) is 4.69. The third kappa shape index (κ3) is 3.64. The lowest BCUT2D eigenvalue weighted by molar-refractivity contribution is -0.385. The van der Waals surface area contributed by atoms with Gasteiger partial charge in [0, 0.05) is 24.7 Å². The summed E-state index contributed by atoms with van der Waals surface area (Å²) in [5, 5.41) is 14.1. The highest BCUT2D eigenvalue weighted by molar-refractivity contribution is 5.44. The van der Waals surface area contributed by atoms with E-state index in [1.54, 1.807) is 19.1 Å². The lowest BCUT2D eigenvalue weighted by atomic mass is 10.1. The number of rotatable bonds is 5. The Morgan fingerprint density at radius 1 is 1.14 bits per heavy atom. The number of nitro benzene ring substituents is 1. The summed E-state index contributed by atoms with van der Waals surface area (Å²) in [4.78, 5) is 10.5. The molecule has 0 fully saturated rings. The van der Waals surface area contributed by atoms with Gasteiger partial charge in [0.05, 0.1) is 4.92 Å². The van der Waals surface area contributed by atoms with E-state index in [0.29, 0.717) is 18.7 Å². The van der Waals surface area contributed by atoms with Gasteiger partial charge in [-0.25, -0.2) is 4.39 Å². The van der Waals surface area contributed by atoms with Crippen LogP contribution in [0.15, 0.2) is 36.4 Å². The number of aryl methyl sites for hydroxylation is 1. The van der Waals surface area contributed by atoms with Gasteiger partial charge in [-0.05, 0) is 42.7 Å². The van der Waals surface area contributed by atoms with Crippen LogP contribution in [0.2, 0.25) is 0 Å². The van der Waals surface area contributed by atoms with Gasteiger partial charge in [-0.15, -0.1) is 0 Å². The van der Waals surface area contributed by atoms with E-state index in [2.05, 4.69) is 5.32 Å². The first-order chi connectivity index (χ1) is 9.99. The summed E-state index contributed by atoms with van der Waals surface area (Å²) >= 11 is 0. The lowest BCUT2D eigenvalue weighted by Gasteiger charge is -2.10. The van der Waals surface area contributed by atoms with E-state index in [0.717, 1.165) is 16.7 Å². The van der Waals surface area contributed by atoms with Crippen LogP contribution in [0.3, 0.4) is 0 Å². The van der Waals surface area contributed by atoms with Crippen molar-refractivity contribution >= 4 is 5.69 Å². The zero-order valence-electron chi connectivity index (χ0n) is 12.0. The van der Waals surface area contributed by atoms with E-state index in [9.17, 15) is 14.5 Å². The molecule has 0 saturated carbocycles. The molecule has 2 aromatic carbocycles. The van der Waals surface area contributed by atoms with Crippen molar-refractivity contribution in [3.8, 4) is 0 Å². The van der Waals surface area contributed by atoms with Crippen molar-refractivity contribution in [3.05, 3.63) is 74.6 Å². The number of nitrogens with zero attached hydrogens (tertiary/aromatic N) is 1. The molecule has 0 amide bonds. The Kier molecular flexibility index (Phi) is 4.65. The fourth-order valence-corrected chi connectivity index (χ4v) is 2.22. The Bertz CT molecular complexity index is 671. The Morgan fingerprint density at radius 3 is 2.57 bits per heavy atom. The predicted octanol–water partition coefficient (Wildman–Crippen LogP) is 3.64. The molecule has 4 nitrogen and oxygen atoms in total. The predicted molar refractivity (Wildman–Crippen MR) is 79.5 cm³/mol. The van der Waals surface area contributed by atoms with Gasteiger partial charge in [-0.3, -0.25) is 10.1 Å². The first-order valence-electron chi connectivity index (χ1n) is 6.67. The number of nitro groups is 1. The molecule has 2 aromatic rings. The van der Waals surface area contributed by atoms with Crippen LogP contribution in [0, 0.1) is 29.8 Å². The highest BCUT2D eigenvalue weighted by atomic mass is 19.1. The third-order valence-electron chi connectivity index (χ3n) is 3.56. The maximum Gasteiger partial charge on any atom is 0.272 e. The van der Waals surface area contributed by atoms with E-state index in [1.807, 2.05) is 13.0 Å². The molecule has 0 aliphatic carbocycles. The molecule has 0 atom stereocenters. The van der Waals surface area contributed by atoms with Gasteiger partial charge in [-0.1, -0.05) is 18.2 Å². The van der Waals surface area contributed by atoms with Gasteiger partial charge in [0.25, 0.3) is 5.69 Å². The van der Waals surface area contributed by atoms with Crippen molar-refractivity contribution < 1.29 is 9.31 Å². The molecule has 0 bridgehead atoms. The first kappa shape index (κ1) is 15.1. The summed E-state index contributed by atoms with van der Waals surface area (Å²) in [6, 6.07) is 9.70. The minimum Gasteiger partial charge on any atom is -0.309 e. The van der Waals surface area contributed by atoms with Crippen molar-refractivity contribution in [2.45, 2.75) is 26.9 Å². The third-order valence-corrected chi connectivity index (χ3v) is 3.56. The van der Waals surface area contributed by atoms with Gasteiger partial charge >= 0.3 is 0 Å². The molecular formula is C16H17FN2O2. The molecule has 0 aliphatic heterocycles. The lowest BCUT2D eigenvalue weighted by Crippen LogP contribution is -2.14. The van der Waals surface area contributed by atoms with E-state index in [4.69, 9.17) is 0 Å². The second kappa shape index (κ2) is 6.45. The highest BCUT2D eigenvalue weighted by Gasteiger charge is 2.12. The summed E-state index contributed by atoms with van der Waals surface area (Å²) in [6.07, 6.45) is 0. The van der Waals surface area contributed by atoms with Crippen LogP contribution in [0.1, 0.15) is 22.3 Å². The van der Waals surface area contributed by atoms with E-state index in [-0.39, 0.29) is 16.4 Å². The first-order valence-corrected chi connectivity index (χ1v) is 6.67. The van der Waals surface area contributed by atoms with Gasteiger partial charge in [-0.2, -0.15) is 0 Å². The van der Waals surface area contributed by atoms with Crippen LogP contribution < -0.4 is 5.32 Å². The summed E-state index contributed by atoms with van der Waals surface area (Å²) in [5.41, 5.74) is 3.55. The summed E-state index contributed by atoms with van der Waals surface area (Å²) in [7, 11) is 0. The molecule has 1 N–H and O–H groups in total. The van der Waals surface area contributed by atoms with Crippen molar-refractivity contribution in [3.63, 3.8) is 0 Å². The molecule has 0 saturated heterocycles. The number of halogens is 1. The van der Waals surface area contributed by atoms with Crippen LogP contribution in [-0.4, -0.2) is 4.92 Å². The number of nitrogens with one attached hydrogen (secondary N) is 1. The normalized spacial score (nSPS) is 10.6. The standard InChI is InChI=1S/C16H17FN2O2/c1-11-6-7-15(17)8-14(11)10-18-9-13-4-3-5-16(12(13)2)19(20)21/h3-8,18H,9-10H2,1-2H3. The van der Waals surface area contributed by atoms with Crippen LogP contribution in [0.25, 0.3) is 0 Å². The minimum absolute atomic E-state index is 0.122. The SMILES string of the molecule is Cc1ccc(F)cc1CNCc1cccc([N+](=O)[O-])c1C. The van der Waals surface area contributed by atoms with Crippen molar-refractivity contribution in [1.82, 2.24) is 5.32 Å². The summed E-state index contributed by atoms with van der Waals surface area (Å²) < 4.78 is 13.2. The van der Waals surface area contributed by atoms with Gasteiger partial charge in [0.2, 0.25) is 0 Å². The maximum absolute atomic E-state index is 13.2. The number of hydrogen-bond donors (Lipinski definition) is 1. The maximum atomic E-state index is 13.2. The zero-order chi connectivity index (χ0) is 15.4. The largest absolute Gasteiger partial charge is 0.309 e. The second-order valence-corrected chi connectivity index (χ2v) is 4.99. The molecule has 0 aromatic heterocycles. The van der Waals surface area contributed by atoms with E-state index < -0.39 is 0 Å². The van der Waals surface area contributed by atoms with Crippen LogP contribution in [-0.2, 0) is 13.1 Å². The fourth-order valence-electron chi connectivity index (χ4n) is 2.22. The molecule has 0 heterocycles. The fraction of sp³-hybridized carbons (Fsp3) is 0.250. The summed E-state index contributed by atoms with van der Waals surface area (Å²) in [5.74, 6) is -0.260. The number of hydrogen-bond acceptors (Lipinski definition) is 3. The topological polar surface area (TPSA) is 55.2 Å². The molecular weight excluding hydrogens is 271 g/mol. The molecule has 0 spiro atoms. The molecule has 21 heavy (non-hydrogen) atoms. The Morgan fingerprint density at radius 2 is 1.86 bits per heavy atom. The number of benzene rings is 2. The van der Waals surface area contributed by atoms with Gasteiger partial charge in [0.15, 0.2) is 0 Å². The Labute approximate surface area is 122 Å². The minimum atomic E-state index is -0.379. The van der Waals surface area contributed by atoms with E-state index in [1.165, 1.54) is 18.2 Å². The average molecular weight is 288 g/mol. The van der Waals surface area contributed by atoms with Gasteiger partial charge in [0.1, 0.15) is 5.82 Å². The Balaban J connectivity index is 2.05. The van der Waals surface area contributed by atoms with Crippen molar-refractivity contribution in [2.75, 3.05) is 0 Å². The quantitative estimate of drug-likeness (QED) is 0.675.